The molecule has 0 unspecified atom stereocenters. The van der Waals surface area contributed by atoms with Gasteiger partial charge in [-0.2, -0.15) is 0 Å². The summed E-state index contributed by atoms with van der Waals surface area (Å²) in [5.41, 5.74) is 5.30. The van der Waals surface area contributed by atoms with Gasteiger partial charge in [-0.25, -0.2) is 0 Å². The molecule has 1 nitrogen and oxygen atoms in total. The number of aryl methyl sites for hydroxylation is 1. The summed E-state index contributed by atoms with van der Waals surface area (Å²) in [6, 6.07) is 14.2. The fourth-order valence-corrected chi connectivity index (χ4v) is 2.46. The highest BCUT2D eigenvalue weighted by atomic mass is 16.1. The molecule has 0 fully saturated rings. The minimum Gasteiger partial charge on any atom is -0.289 e. The third kappa shape index (κ3) is 1.59. The normalized spacial score (nSPS) is 13.1. The Hall–Kier alpha value is -1.89. The zero-order chi connectivity index (χ0) is 11.8. The van der Waals surface area contributed by atoms with Gasteiger partial charge in [0.15, 0.2) is 5.78 Å². The lowest BCUT2D eigenvalue weighted by Gasteiger charge is -2.18. The lowest BCUT2D eigenvalue weighted by Crippen LogP contribution is -2.15. The van der Waals surface area contributed by atoms with E-state index in [1.165, 1.54) is 5.56 Å². The summed E-state index contributed by atoms with van der Waals surface area (Å²) in [4.78, 5) is 12.4. The zero-order valence-corrected chi connectivity index (χ0v) is 9.86. The smallest absolute Gasteiger partial charge is 0.193 e. The van der Waals surface area contributed by atoms with Crippen molar-refractivity contribution in [2.75, 3.05) is 0 Å². The van der Waals surface area contributed by atoms with Crippen molar-refractivity contribution in [3.8, 4) is 0 Å². The molecule has 84 valence electrons. The van der Waals surface area contributed by atoms with E-state index in [-0.39, 0.29) is 5.78 Å². The van der Waals surface area contributed by atoms with Crippen LogP contribution in [-0.4, -0.2) is 5.78 Å². The molecule has 0 spiro atoms. The molecule has 0 saturated heterocycles. The highest BCUT2D eigenvalue weighted by Gasteiger charge is 2.22. The molecule has 1 heteroatoms. The van der Waals surface area contributed by atoms with Crippen molar-refractivity contribution in [3.63, 3.8) is 0 Å². The van der Waals surface area contributed by atoms with Crippen LogP contribution in [0.4, 0.5) is 0 Å². The lowest BCUT2D eigenvalue weighted by atomic mass is 9.84. The number of hydrogen-bond acceptors (Lipinski definition) is 1. The summed E-state index contributed by atoms with van der Waals surface area (Å²) in [7, 11) is 0. The average molecular weight is 222 g/mol. The molecule has 17 heavy (non-hydrogen) atoms. The fourth-order valence-electron chi connectivity index (χ4n) is 2.46. The van der Waals surface area contributed by atoms with Gasteiger partial charge in [-0.05, 0) is 35.6 Å². The van der Waals surface area contributed by atoms with Crippen LogP contribution in [0.5, 0.6) is 0 Å². The third-order valence-corrected chi connectivity index (χ3v) is 3.47. The van der Waals surface area contributed by atoms with Crippen molar-refractivity contribution >= 4 is 5.78 Å². The predicted molar refractivity (Wildman–Crippen MR) is 68.5 cm³/mol. The molecule has 0 radical (unpaired) electrons. The van der Waals surface area contributed by atoms with Crippen LogP contribution < -0.4 is 0 Å². The van der Waals surface area contributed by atoms with Crippen LogP contribution in [0.3, 0.4) is 0 Å². The third-order valence-electron chi connectivity index (χ3n) is 3.47. The fraction of sp³-hybridized carbons (Fsp3) is 0.188. The molecule has 0 N–H and O–H groups in total. The minimum absolute atomic E-state index is 0.178. The quantitative estimate of drug-likeness (QED) is 0.617. The van der Waals surface area contributed by atoms with E-state index in [2.05, 4.69) is 19.1 Å². The molecule has 0 atom stereocenters. The summed E-state index contributed by atoms with van der Waals surface area (Å²) in [5, 5.41) is 0. The minimum atomic E-state index is 0.178. The van der Waals surface area contributed by atoms with Crippen LogP contribution >= 0.6 is 0 Å². The van der Waals surface area contributed by atoms with E-state index in [9.17, 15) is 4.79 Å². The maximum atomic E-state index is 12.4. The maximum Gasteiger partial charge on any atom is 0.193 e. The molecule has 0 saturated carbocycles. The molecular formula is C16H14O. The van der Waals surface area contributed by atoms with Gasteiger partial charge in [0.05, 0.1) is 0 Å². The first kappa shape index (κ1) is 10.3. The van der Waals surface area contributed by atoms with Gasteiger partial charge < -0.3 is 0 Å². The second kappa shape index (κ2) is 3.85. The van der Waals surface area contributed by atoms with Crippen LogP contribution in [0.2, 0.25) is 0 Å². The Morgan fingerprint density at radius 3 is 2.59 bits per heavy atom. The van der Waals surface area contributed by atoms with Gasteiger partial charge in [-0.15, -0.1) is 0 Å². The Balaban J connectivity index is 2.17. The molecule has 0 bridgehead atoms. The molecular weight excluding hydrogens is 208 g/mol. The summed E-state index contributed by atoms with van der Waals surface area (Å²) >= 11 is 0. The van der Waals surface area contributed by atoms with Crippen molar-refractivity contribution in [3.05, 3.63) is 70.3 Å². The van der Waals surface area contributed by atoms with E-state index in [1.54, 1.807) is 0 Å². The molecule has 2 aromatic rings. The molecule has 0 aromatic heterocycles. The van der Waals surface area contributed by atoms with Crippen LogP contribution in [0.15, 0.2) is 42.5 Å². The topological polar surface area (TPSA) is 17.1 Å². The number of rotatable bonds is 1. The molecule has 0 heterocycles. The van der Waals surface area contributed by atoms with Gasteiger partial charge in [0.1, 0.15) is 0 Å². The number of carbonyl (C=O) groups excluding carboxylic acids is 1. The molecule has 1 aliphatic rings. The zero-order valence-electron chi connectivity index (χ0n) is 9.86. The number of hydrogen-bond donors (Lipinski definition) is 0. The molecule has 0 amide bonds. The first-order valence-electron chi connectivity index (χ1n) is 6.04. The SMILES string of the molecule is CCc1ccc2c(c1)C(=O)c1ccccc1C2. The molecule has 1 aliphatic carbocycles. The Morgan fingerprint density at radius 1 is 1.00 bits per heavy atom. The predicted octanol–water partition coefficient (Wildman–Crippen LogP) is 3.38. The van der Waals surface area contributed by atoms with Crippen LogP contribution in [-0.2, 0) is 12.8 Å². The van der Waals surface area contributed by atoms with E-state index >= 15 is 0 Å². The lowest BCUT2D eigenvalue weighted by molar-refractivity contribution is 0.103. The van der Waals surface area contributed by atoms with Gasteiger partial charge in [0.2, 0.25) is 0 Å². The standard InChI is InChI=1S/C16H14O/c1-2-11-7-8-13-10-12-5-3-4-6-14(12)16(17)15(13)9-11/h3-9H,2,10H2,1H3. The molecule has 3 rings (SSSR count). The van der Waals surface area contributed by atoms with Crippen molar-refractivity contribution in [2.45, 2.75) is 19.8 Å². The van der Waals surface area contributed by atoms with Gasteiger partial charge in [0, 0.05) is 11.1 Å². The second-order valence-electron chi connectivity index (χ2n) is 4.51. The monoisotopic (exact) mass is 222 g/mol. The summed E-state index contributed by atoms with van der Waals surface area (Å²) in [5.74, 6) is 0.178. The van der Waals surface area contributed by atoms with Crippen molar-refractivity contribution in [1.82, 2.24) is 0 Å². The summed E-state index contributed by atoms with van der Waals surface area (Å²) in [6.07, 6.45) is 1.85. The van der Waals surface area contributed by atoms with E-state index in [0.717, 1.165) is 35.1 Å². The highest BCUT2D eigenvalue weighted by Crippen LogP contribution is 2.27. The number of carbonyl (C=O) groups is 1. The maximum absolute atomic E-state index is 12.4. The van der Waals surface area contributed by atoms with Crippen LogP contribution in [0.1, 0.15) is 39.5 Å². The largest absolute Gasteiger partial charge is 0.289 e. The summed E-state index contributed by atoms with van der Waals surface area (Å²) in [6.45, 7) is 2.11. The van der Waals surface area contributed by atoms with Crippen LogP contribution in [0.25, 0.3) is 0 Å². The average Bonchev–Trinajstić information content (AvgIpc) is 2.39. The van der Waals surface area contributed by atoms with Gasteiger partial charge >= 0.3 is 0 Å². The molecule has 2 aromatic carbocycles. The van der Waals surface area contributed by atoms with Gasteiger partial charge in [0.25, 0.3) is 0 Å². The van der Waals surface area contributed by atoms with E-state index in [4.69, 9.17) is 0 Å². The van der Waals surface area contributed by atoms with Gasteiger partial charge in [-0.3, -0.25) is 4.79 Å². The van der Waals surface area contributed by atoms with Crippen molar-refractivity contribution < 1.29 is 4.79 Å². The van der Waals surface area contributed by atoms with Crippen LogP contribution in [0, 0.1) is 0 Å². The number of benzene rings is 2. The molecule has 0 aliphatic heterocycles. The Morgan fingerprint density at radius 2 is 1.76 bits per heavy atom. The van der Waals surface area contributed by atoms with E-state index < -0.39 is 0 Å². The second-order valence-corrected chi connectivity index (χ2v) is 4.51. The van der Waals surface area contributed by atoms with Crippen molar-refractivity contribution in [2.24, 2.45) is 0 Å². The van der Waals surface area contributed by atoms with Crippen molar-refractivity contribution in [1.29, 1.82) is 0 Å². The Labute approximate surface area is 101 Å². The van der Waals surface area contributed by atoms with Gasteiger partial charge in [-0.1, -0.05) is 43.3 Å². The van der Waals surface area contributed by atoms with E-state index in [0.29, 0.717) is 0 Å². The highest BCUT2D eigenvalue weighted by molar-refractivity contribution is 6.12. The Kier molecular flexibility index (Phi) is 2.32. The number of ketones is 1. The number of fused-ring (bicyclic) bond motifs is 2. The summed E-state index contributed by atoms with van der Waals surface area (Å²) < 4.78 is 0. The first-order valence-corrected chi connectivity index (χ1v) is 6.04. The Bertz CT molecular complexity index is 596. The van der Waals surface area contributed by atoms with E-state index in [1.807, 2.05) is 30.3 Å². The first-order chi connectivity index (χ1) is 8.29.